The summed E-state index contributed by atoms with van der Waals surface area (Å²) >= 11 is 0. The fourth-order valence-corrected chi connectivity index (χ4v) is 2.30. The van der Waals surface area contributed by atoms with Crippen LogP contribution in [0.2, 0.25) is 0 Å². The number of guanidine groups is 1. The Hall–Kier alpha value is -1.57. The minimum absolute atomic E-state index is 0. The normalized spacial score (nSPS) is 11.8. The van der Waals surface area contributed by atoms with Gasteiger partial charge in [0.2, 0.25) is 0 Å². The van der Waals surface area contributed by atoms with Gasteiger partial charge < -0.3 is 15.1 Å². The van der Waals surface area contributed by atoms with Crippen LogP contribution in [-0.2, 0) is 11.8 Å². The second-order valence-corrected chi connectivity index (χ2v) is 6.08. The van der Waals surface area contributed by atoms with E-state index in [4.69, 9.17) is 4.42 Å². The van der Waals surface area contributed by atoms with Crippen molar-refractivity contribution in [2.45, 2.75) is 25.7 Å². The number of benzene rings is 1. The Bertz CT molecular complexity index is 641. The van der Waals surface area contributed by atoms with Crippen LogP contribution in [0.3, 0.4) is 0 Å². The Morgan fingerprint density at radius 2 is 2.00 bits per heavy atom. The molecule has 0 spiro atoms. The van der Waals surface area contributed by atoms with E-state index in [0.717, 1.165) is 30.2 Å². The van der Waals surface area contributed by atoms with Crippen molar-refractivity contribution >= 4 is 29.9 Å². The van der Waals surface area contributed by atoms with Crippen molar-refractivity contribution in [1.82, 2.24) is 10.6 Å². The molecular weight excluding hydrogens is 420 g/mol. The zero-order valence-electron chi connectivity index (χ0n) is 14.3. The zero-order chi connectivity index (χ0) is 16.7. The Kier molecular flexibility index (Phi) is 8.24. The molecule has 0 aliphatic heterocycles. The maximum atomic E-state index is 13.4. The van der Waals surface area contributed by atoms with Gasteiger partial charge in [0.25, 0.3) is 0 Å². The third-order valence-electron chi connectivity index (χ3n) is 3.77. The van der Waals surface area contributed by atoms with Crippen LogP contribution >= 0.6 is 24.0 Å². The molecule has 0 saturated carbocycles. The molecule has 0 fully saturated rings. The largest absolute Gasteiger partial charge is 0.469 e. The van der Waals surface area contributed by atoms with Crippen LogP contribution in [0, 0.1) is 5.82 Å². The van der Waals surface area contributed by atoms with Gasteiger partial charge in [-0.1, -0.05) is 26.0 Å². The number of rotatable bonds is 6. The Morgan fingerprint density at radius 1 is 1.21 bits per heavy atom. The zero-order valence-corrected chi connectivity index (χ0v) is 16.6. The summed E-state index contributed by atoms with van der Waals surface area (Å²) in [5.41, 5.74) is 0.747. The number of furan rings is 1. The molecule has 132 valence electrons. The standard InChI is InChI=1S/C18H24FN3O.HI/c1-18(2,14-6-4-7-15(19)12-14)13-22-17(20-3)21-10-9-16-8-5-11-23-16;/h4-8,11-12H,9-10,13H2,1-3H3,(H2,20,21,22);1H. The molecule has 0 aliphatic carbocycles. The highest BCUT2D eigenvalue weighted by Crippen LogP contribution is 2.22. The van der Waals surface area contributed by atoms with E-state index in [2.05, 4.69) is 29.5 Å². The molecule has 6 heteroatoms. The first-order valence-corrected chi connectivity index (χ1v) is 7.74. The van der Waals surface area contributed by atoms with E-state index >= 15 is 0 Å². The number of halogens is 2. The van der Waals surface area contributed by atoms with Crippen molar-refractivity contribution in [1.29, 1.82) is 0 Å². The summed E-state index contributed by atoms with van der Waals surface area (Å²) in [5.74, 6) is 1.45. The van der Waals surface area contributed by atoms with E-state index in [0.29, 0.717) is 6.54 Å². The van der Waals surface area contributed by atoms with Crippen LogP contribution in [0.5, 0.6) is 0 Å². The van der Waals surface area contributed by atoms with E-state index in [1.54, 1.807) is 25.4 Å². The van der Waals surface area contributed by atoms with Gasteiger partial charge in [0, 0.05) is 32.0 Å². The quantitative estimate of drug-likeness (QED) is 0.405. The second kappa shape index (κ2) is 9.66. The molecule has 0 radical (unpaired) electrons. The molecule has 1 aromatic heterocycles. The molecule has 0 aliphatic rings. The second-order valence-electron chi connectivity index (χ2n) is 6.08. The van der Waals surface area contributed by atoms with E-state index in [9.17, 15) is 4.39 Å². The topological polar surface area (TPSA) is 49.6 Å². The fraction of sp³-hybridized carbons (Fsp3) is 0.389. The van der Waals surface area contributed by atoms with Gasteiger partial charge in [-0.25, -0.2) is 4.39 Å². The molecule has 24 heavy (non-hydrogen) atoms. The van der Waals surface area contributed by atoms with Crippen molar-refractivity contribution < 1.29 is 8.81 Å². The lowest BCUT2D eigenvalue weighted by Gasteiger charge is -2.26. The van der Waals surface area contributed by atoms with E-state index in [1.165, 1.54) is 6.07 Å². The minimum atomic E-state index is -0.212. The van der Waals surface area contributed by atoms with Gasteiger partial charge in [-0.05, 0) is 29.8 Å². The molecule has 2 aromatic rings. The van der Waals surface area contributed by atoms with Crippen molar-refractivity contribution in [3.8, 4) is 0 Å². The molecule has 1 heterocycles. The maximum absolute atomic E-state index is 13.4. The molecule has 4 nitrogen and oxygen atoms in total. The highest BCUT2D eigenvalue weighted by Gasteiger charge is 2.21. The van der Waals surface area contributed by atoms with Gasteiger partial charge in [0.15, 0.2) is 5.96 Å². The first kappa shape index (κ1) is 20.5. The van der Waals surface area contributed by atoms with E-state index in [-0.39, 0.29) is 35.2 Å². The molecule has 2 N–H and O–H groups in total. The average molecular weight is 445 g/mol. The number of hydrogen-bond acceptors (Lipinski definition) is 2. The molecular formula is C18H25FIN3O. The summed E-state index contributed by atoms with van der Waals surface area (Å²) in [6.45, 7) is 5.53. The smallest absolute Gasteiger partial charge is 0.191 e. The monoisotopic (exact) mass is 445 g/mol. The Labute approximate surface area is 160 Å². The molecule has 2 rings (SSSR count). The SMILES string of the molecule is CN=C(NCCc1ccco1)NCC(C)(C)c1cccc(F)c1.I. The summed E-state index contributed by atoms with van der Waals surface area (Å²) in [5, 5.41) is 6.54. The number of nitrogens with one attached hydrogen (secondary N) is 2. The van der Waals surface area contributed by atoms with E-state index in [1.807, 2.05) is 18.2 Å². The number of nitrogens with zero attached hydrogens (tertiary/aromatic N) is 1. The predicted molar refractivity (Wildman–Crippen MR) is 107 cm³/mol. The van der Waals surface area contributed by atoms with E-state index < -0.39 is 0 Å². The fourth-order valence-electron chi connectivity index (χ4n) is 2.30. The van der Waals surface area contributed by atoms with Crippen molar-refractivity contribution in [3.05, 3.63) is 59.8 Å². The van der Waals surface area contributed by atoms with Gasteiger partial charge >= 0.3 is 0 Å². The lowest BCUT2D eigenvalue weighted by atomic mass is 9.84. The van der Waals surface area contributed by atoms with Gasteiger partial charge in [-0.15, -0.1) is 24.0 Å². The molecule has 0 saturated heterocycles. The first-order chi connectivity index (χ1) is 11.0. The molecule has 0 atom stereocenters. The summed E-state index contributed by atoms with van der Waals surface area (Å²) < 4.78 is 18.7. The third kappa shape index (κ3) is 6.14. The van der Waals surface area contributed by atoms with Crippen LogP contribution in [0.1, 0.15) is 25.2 Å². The summed E-state index contributed by atoms with van der Waals surface area (Å²) in [6, 6.07) is 10.5. The van der Waals surface area contributed by atoms with Crippen LogP contribution in [0.15, 0.2) is 52.1 Å². The van der Waals surface area contributed by atoms with Crippen molar-refractivity contribution in [2.24, 2.45) is 4.99 Å². The predicted octanol–water partition coefficient (Wildman–Crippen LogP) is 3.72. The van der Waals surface area contributed by atoms with Crippen molar-refractivity contribution in [2.75, 3.05) is 20.1 Å². The summed E-state index contributed by atoms with van der Waals surface area (Å²) in [6.07, 6.45) is 2.46. The maximum Gasteiger partial charge on any atom is 0.191 e. The molecule has 0 amide bonds. The van der Waals surface area contributed by atoms with Gasteiger partial charge in [0.05, 0.1) is 6.26 Å². The third-order valence-corrected chi connectivity index (χ3v) is 3.77. The van der Waals surface area contributed by atoms with Gasteiger partial charge in [0.1, 0.15) is 11.6 Å². The van der Waals surface area contributed by atoms with Crippen molar-refractivity contribution in [3.63, 3.8) is 0 Å². The molecule has 1 aromatic carbocycles. The first-order valence-electron chi connectivity index (χ1n) is 7.74. The summed E-state index contributed by atoms with van der Waals surface area (Å²) in [7, 11) is 1.73. The highest BCUT2D eigenvalue weighted by atomic mass is 127. The van der Waals surface area contributed by atoms with Crippen LogP contribution < -0.4 is 10.6 Å². The lowest BCUT2D eigenvalue weighted by molar-refractivity contribution is 0.497. The summed E-state index contributed by atoms with van der Waals surface area (Å²) in [4.78, 5) is 4.21. The average Bonchev–Trinajstić information content (AvgIpc) is 3.04. The lowest BCUT2D eigenvalue weighted by Crippen LogP contribution is -2.44. The van der Waals surface area contributed by atoms with Crippen LogP contribution in [0.4, 0.5) is 4.39 Å². The Morgan fingerprint density at radius 3 is 2.62 bits per heavy atom. The highest BCUT2D eigenvalue weighted by molar-refractivity contribution is 14.0. The number of aliphatic imine (C=N–C) groups is 1. The molecule has 0 unspecified atom stereocenters. The van der Waals surface area contributed by atoms with Gasteiger partial charge in [-0.2, -0.15) is 0 Å². The minimum Gasteiger partial charge on any atom is -0.469 e. The Balaban J connectivity index is 0.00000288. The van der Waals surface area contributed by atoms with Crippen LogP contribution in [0.25, 0.3) is 0 Å². The number of hydrogen-bond donors (Lipinski definition) is 2. The van der Waals surface area contributed by atoms with Gasteiger partial charge in [-0.3, -0.25) is 4.99 Å². The molecule has 0 bridgehead atoms. The van der Waals surface area contributed by atoms with Crippen LogP contribution in [-0.4, -0.2) is 26.1 Å².